The molecule has 0 saturated carbocycles. The Bertz CT molecular complexity index is 853. The molecule has 0 aliphatic heterocycles. The SMILES string of the molecule is C=C(C)C(Cc1c(OC)c2cc(OC)cc(OC)c2n(C)c1=O)OC. The van der Waals surface area contributed by atoms with Gasteiger partial charge in [-0.1, -0.05) is 12.2 Å². The Morgan fingerprint density at radius 1 is 1.16 bits per heavy atom. The number of hydrogen-bond donors (Lipinski definition) is 0. The maximum absolute atomic E-state index is 13.0. The first-order chi connectivity index (χ1) is 11.9. The fourth-order valence-electron chi connectivity index (χ4n) is 3.00. The molecule has 0 amide bonds. The van der Waals surface area contributed by atoms with E-state index in [0.29, 0.717) is 34.7 Å². The normalized spacial score (nSPS) is 12.1. The summed E-state index contributed by atoms with van der Waals surface area (Å²) in [6.45, 7) is 5.81. The summed E-state index contributed by atoms with van der Waals surface area (Å²) < 4.78 is 23.4. The lowest BCUT2D eigenvalue weighted by Crippen LogP contribution is -2.27. The van der Waals surface area contributed by atoms with Gasteiger partial charge in [-0.25, -0.2) is 0 Å². The highest BCUT2D eigenvalue weighted by Gasteiger charge is 2.23. The third-order valence-corrected chi connectivity index (χ3v) is 4.35. The monoisotopic (exact) mass is 347 g/mol. The standard InChI is InChI=1S/C19H25NO5/c1-11(2)15(23-5)10-14-18(25-7)13-8-12(22-4)9-16(24-6)17(13)20(3)19(14)21/h8-9,15H,1,10H2,2-7H3. The van der Waals surface area contributed by atoms with E-state index in [1.807, 2.05) is 13.0 Å². The Morgan fingerprint density at radius 2 is 1.84 bits per heavy atom. The average molecular weight is 347 g/mol. The van der Waals surface area contributed by atoms with Gasteiger partial charge in [-0.2, -0.15) is 0 Å². The van der Waals surface area contributed by atoms with Crippen molar-refractivity contribution in [1.82, 2.24) is 4.57 Å². The van der Waals surface area contributed by atoms with Gasteiger partial charge in [0.1, 0.15) is 17.2 Å². The van der Waals surface area contributed by atoms with Crippen molar-refractivity contribution in [2.24, 2.45) is 7.05 Å². The molecule has 2 rings (SSSR count). The highest BCUT2D eigenvalue weighted by atomic mass is 16.5. The first-order valence-electron chi connectivity index (χ1n) is 7.89. The largest absolute Gasteiger partial charge is 0.497 e. The summed E-state index contributed by atoms with van der Waals surface area (Å²) in [5.41, 5.74) is 1.87. The second kappa shape index (κ2) is 7.61. The molecule has 0 N–H and O–H groups in total. The van der Waals surface area contributed by atoms with Gasteiger partial charge in [-0.05, 0) is 13.0 Å². The summed E-state index contributed by atoms with van der Waals surface area (Å²) in [6, 6.07) is 3.58. The topological polar surface area (TPSA) is 58.9 Å². The van der Waals surface area contributed by atoms with E-state index < -0.39 is 0 Å². The number of hydrogen-bond acceptors (Lipinski definition) is 5. The number of pyridine rings is 1. The van der Waals surface area contributed by atoms with Crippen LogP contribution in [0.25, 0.3) is 10.9 Å². The second-order valence-corrected chi connectivity index (χ2v) is 5.88. The molecule has 25 heavy (non-hydrogen) atoms. The van der Waals surface area contributed by atoms with Gasteiger partial charge in [0, 0.05) is 32.0 Å². The lowest BCUT2D eigenvalue weighted by molar-refractivity contribution is 0.131. The number of aryl methyl sites for hydroxylation is 1. The van der Waals surface area contributed by atoms with Crippen molar-refractivity contribution in [3.05, 3.63) is 40.2 Å². The Labute approximate surface area is 147 Å². The van der Waals surface area contributed by atoms with Gasteiger partial charge in [0.25, 0.3) is 5.56 Å². The van der Waals surface area contributed by atoms with Gasteiger partial charge in [0.2, 0.25) is 0 Å². The average Bonchev–Trinajstić information content (AvgIpc) is 2.61. The molecule has 0 radical (unpaired) electrons. The Morgan fingerprint density at radius 3 is 2.32 bits per heavy atom. The molecule has 6 heteroatoms. The van der Waals surface area contributed by atoms with Crippen LogP contribution in [-0.4, -0.2) is 39.1 Å². The zero-order valence-corrected chi connectivity index (χ0v) is 15.6. The van der Waals surface area contributed by atoms with Crippen molar-refractivity contribution in [1.29, 1.82) is 0 Å². The first-order valence-corrected chi connectivity index (χ1v) is 7.89. The number of aromatic nitrogens is 1. The zero-order valence-electron chi connectivity index (χ0n) is 15.6. The van der Waals surface area contributed by atoms with E-state index >= 15 is 0 Å². The van der Waals surface area contributed by atoms with Gasteiger partial charge < -0.3 is 23.5 Å². The smallest absolute Gasteiger partial charge is 0.257 e. The van der Waals surface area contributed by atoms with E-state index in [0.717, 1.165) is 11.0 Å². The van der Waals surface area contributed by atoms with Crippen LogP contribution in [0.2, 0.25) is 0 Å². The molecule has 0 bridgehead atoms. The van der Waals surface area contributed by atoms with Crippen molar-refractivity contribution in [3.8, 4) is 17.2 Å². The van der Waals surface area contributed by atoms with Crippen LogP contribution in [0.15, 0.2) is 29.1 Å². The summed E-state index contributed by atoms with van der Waals surface area (Å²) in [5.74, 6) is 1.66. The van der Waals surface area contributed by atoms with E-state index in [1.54, 1.807) is 46.1 Å². The van der Waals surface area contributed by atoms with Crippen LogP contribution in [0.1, 0.15) is 12.5 Å². The minimum absolute atomic E-state index is 0.156. The third kappa shape index (κ3) is 3.35. The van der Waals surface area contributed by atoms with Gasteiger partial charge in [-0.15, -0.1) is 0 Å². The molecule has 0 aliphatic rings. The highest BCUT2D eigenvalue weighted by Crippen LogP contribution is 2.37. The van der Waals surface area contributed by atoms with Crippen LogP contribution < -0.4 is 19.8 Å². The number of rotatable bonds is 7. The Hall–Kier alpha value is -2.47. The van der Waals surface area contributed by atoms with Crippen LogP contribution in [0.4, 0.5) is 0 Å². The van der Waals surface area contributed by atoms with Gasteiger partial charge >= 0.3 is 0 Å². The molecule has 1 aromatic heterocycles. The predicted octanol–water partition coefficient (Wildman–Crippen LogP) is 2.70. The summed E-state index contributed by atoms with van der Waals surface area (Å²) in [5, 5.41) is 0.743. The maximum atomic E-state index is 13.0. The summed E-state index contributed by atoms with van der Waals surface area (Å²) in [6.07, 6.45) is 0.100. The van der Waals surface area contributed by atoms with Crippen LogP contribution in [0.3, 0.4) is 0 Å². The molecule has 0 fully saturated rings. The van der Waals surface area contributed by atoms with E-state index in [1.165, 1.54) is 0 Å². The van der Waals surface area contributed by atoms with Crippen molar-refractivity contribution >= 4 is 10.9 Å². The van der Waals surface area contributed by atoms with Gasteiger partial charge in [0.05, 0.1) is 38.5 Å². The summed E-state index contributed by atoms with van der Waals surface area (Å²) >= 11 is 0. The molecule has 0 spiro atoms. The molecular weight excluding hydrogens is 322 g/mol. The maximum Gasteiger partial charge on any atom is 0.257 e. The van der Waals surface area contributed by atoms with Crippen LogP contribution in [-0.2, 0) is 18.2 Å². The number of nitrogens with zero attached hydrogens (tertiary/aromatic N) is 1. The minimum atomic E-state index is -0.272. The minimum Gasteiger partial charge on any atom is -0.497 e. The summed E-state index contributed by atoms with van der Waals surface area (Å²) in [7, 11) is 8.00. The highest BCUT2D eigenvalue weighted by molar-refractivity contribution is 5.92. The molecule has 1 heterocycles. The van der Waals surface area contributed by atoms with Crippen molar-refractivity contribution in [2.45, 2.75) is 19.4 Å². The molecule has 1 atom stereocenters. The van der Waals surface area contributed by atoms with Gasteiger partial charge in [-0.3, -0.25) is 4.79 Å². The lowest BCUT2D eigenvalue weighted by atomic mass is 10.0. The molecule has 0 saturated heterocycles. The van der Waals surface area contributed by atoms with E-state index in [2.05, 4.69) is 6.58 Å². The number of benzene rings is 1. The Kier molecular flexibility index (Phi) is 5.74. The van der Waals surface area contributed by atoms with Gasteiger partial charge in [0.15, 0.2) is 0 Å². The third-order valence-electron chi connectivity index (χ3n) is 4.35. The number of fused-ring (bicyclic) bond motifs is 1. The fourth-order valence-corrected chi connectivity index (χ4v) is 3.00. The lowest BCUT2D eigenvalue weighted by Gasteiger charge is -2.20. The van der Waals surface area contributed by atoms with Crippen LogP contribution in [0, 0.1) is 0 Å². The number of ether oxygens (including phenoxy) is 4. The number of methoxy groups -OCH3 is 4. The summed E-state index contributed by atoms with van der Waals surface area (Å²) in [4.78, 5) is 13.0. The zero-order chi connectivity index (χ0) is 18.7. The molecule has 1 aromatic carbocycles. The molecule has 136 valence electrons. The predicted molar refractivity (Wildman–Crippen MR) is 98.2 cm³/mol. The molecule has 1 unspecified atom stereocenters. The molecular formula is C19H25NO5. The van der Waals surface area contributed by atoms with Crippen molar-refractivity contribution < 1.29 is 18.9 Å². The van der Waals surface area contributed by atoms with Crippen molar-refractivity contribution in [3.63, 3.8) is 0 Å². The first kappa shape index (κ1) is 18.9. The molecule has 0 aliphatic carbocycles. The molecule has 2 aromatic rings. The Balaban J connectivity index is 2.86. The van der Waals surface area contributed by atoms with Crippen LogP contribution >= 0.6 is 0 Å². The van der Waals surface area contributed by atoms with E-state index in [9.17, 15) is 4.79 Å². The second-order valence-electron chi connectivity index (χ2n) is 5.88. The van der Waals surface area contributed by atoms with E-state index in [-0.39, 0.29) is 11.7 Å². The van der Waals surface area contributed by atoms with Crippen LogP contribution in [0.5, 0.6) is 17.2 Å². The molecule has 6 nitrogen and oxygen atoms in total. The quantitative estimate of drug-likeness (QED) is 0.721. The van der Waals surface area contributed by atoms with E-state index in [4.69, 9.17) is 18.9 Å². The van der Waals surface area contributed by atoms with Crippen molar-refractivity contribution in [2.75, 3.05) is 28.4 Å². The fraction of sp³-hybridized carbons (Fsp3) is 0.421.